The lowest BCUT2D eigenvalue weighted by molar-refractivity contribution is 0.609. The maximum absolute atomic E-state index is 12.6. The van der Waals surface area contributed by atoms with Crippen molar-refractivity contribution in [3.05, 3.63) is 94.7 Å². The van der Waals surface area contributed by atoms with E-state index < -0.39 is 10.0 Å². The quantitative estimate of drug-likeness (QED) is 0.477. The molecule has 0 radical (unpaired) electrons. The van der Waals surface area contributed by atoms with E-state index in [1.54, 1.807) is 6.08 Å². The smallest absolute Gasteiger partial charge is 0.255 e. The normalized spacial score (nSPS) is 12.0. The Bertz CT molecular complexity index is 1350. The van der Waals surface area contributed by atoms with Crippen LogP contribution < -0.4 is 4.72 Å². The fourth-order valence-corrected chi connectivity index (χ4v) is 4.08. The molecule has 0 fully saturated rings. The van der Waals surface area contributed by atoms with Crippen molar-refractivity contribution in [1.29, 1.82) is 0 Å². The van der Waals surface area contributed by atoms with Crippen LogP contribution in [0.25, 0.3) is 23.0 Å². The summed E-state index contributed by atoms with van der Waals surface area (Å²) >= 11 is 0. The molecule has 30 heavy (non-hydrogen) atoms. The Hall–Kier alpha value is -3.38. The molecule has 0 aliphatic rings. The van der Waals surface area contributed by atoms with E-state index in [-0.39, 0.29) is 0 Å². The number of hydrogen-bond acceptors (Lipinski definition) is 3. The molecule has 0 amide bonds. The molecule has 1 N–H and O–H groups in total. The molecule has 4 rings (SSSR count). The van der Waals surface area contributed by atoms with E-state index >= 15 is 0 Å². The average molecular weight is 418 g/mol. The van der Waals surface area contributed by atoms with Gasteiger partial charge in [-0.3, -0.25) is 4.72 Å². The first kappa shape index (κ1) is 19.9. The first-order valence-corrected chi connectivity index (χ1v) is 11.2. The van der Waals surface area contributed by atoms with Gasteiger partial charge in [0.25, 0.3) is 10.0 Å². The molecule has 0 aliphatic heterocycles. The Kier molecular flexibility index (Phi) is 5.18. The van der Waals surface area contributed by atoms with Crippen molar-refractivity contribution in [3.8, 4) is 11.3 Å². The molecule has 152 valence electrons. The van der Waals surface area contributed by atoms with Crippen LogP contribution >= 0.6 is 0 Å². The molecule has 0 aliphatic carbocycles. The number of benzene rings is 2. The summed E-state index contributed by atoms with van der Waals surface area (Å²) in [6.45, 7) is 5.89. The van der Waals surface area contributed by atoms with Crippen LogP contribution in [0.15, 0.2) is 72.4 Å². The van der Waals surface area contributed by atoms with Crippen molar-refractivity contribution in [2.24, 2.45) is 0 Å². The third-order valence-corrected chi connectivity index (χ3v) is 5.92. The van der Waals surface area contributed by atoms with Crippen LogP contribution in [0.5, 0.6) is 0 Å². The number of aromatic nitrogens is 2. The molecular weight excluding hydrogens is 394 g/mol. The molecule has 2 heterocycles. The van der Waals surface area contributed by atoms with Crippen LogP contribution in [0.2, 0.25) is 0 Å². The summed E-state index contributed by atoms with van der Waals surface area (Å²) in [4.78, 5) is 4.67. The predicted molar refractivity (Wildman–Crippen MR) is 123 cm³/mol. The van der Waals surface area contributed by atoms with E-state index in [2.05, 4.69) is 9.71 Å². The van der Waals surface area contributed by atoms with Crippen molar-refractivity contribution in [2.45, 2.75) is 20.8 Å². The Morgan fingerprint density at radius 1 is 0.933 bits per heavy atom. The fraction of sp³-hybridized carbons (Fsp3) is 0.125. The maximum atomic E-state index is 12.6. The molecule has 0 bridgehead atoms. The maximum Gasteiger partial charge on any atom is 0.255 e. The Labute approximate surface area is 176 Å². The molecule has 0 unspecified atom stereocenters. The lowest BCUT2D eigenvalue weighted by Gasteiger charge is -2.09. The summed E-state index contributed by atoms with van der Waals surface area (Å²) in [6, 6.07) is 17.4. The number of anilines is 1. The van der Waals surface area contributed by atoms with Crippen molar-refractivity contribution in [3.63, 3.8) is 0 Å². The topological polar surface area (TPSA) is 63.5 Å². The number of sulfonamides is 1. The van der Waals surface area contributed by atoms with Gasteiger partial charge >= 0.3 is 0 Å². The number of rotatable bonds is 5. The summed E-state index contributed by atoms with van der Waals surface area (Å²) in [7, 11) is -3.65. The van der Waals surface area contributed by atoms with Crippen LogP contribution in [-0.2, 0) is 10.0 Å². The molecule has 6 heteroatoms. The zero-order chi connectivity index (χ0) is 21.3. The highest BCUT2D eigenvalue weighted by molar-refractivity contribution is 7.95. The predicted octanol–water partition coefficient (Wildman–Crippen LogP) is 5.34. The number of nitrogens with zero attached hydrogens (tertiary/aromatic N) is 2. The van der Waals surface area contributed by atoms with Crippen LogP contribution in [0, 0.1) is 20.8 Å². The minimum atomic E-state index is -3.65. The summed E-state index contributed by atoms with van der Waals surface area (Å²) in [6.07, 6.45) is 5.50. The molecule has 0 saturated carbocycles. The van der Waals surface area contributed by atoms with Gasteiger partial charge in [-0.15, -0.1) is 0 Å². The molecule has 5 nitrogen and oxygen atoms in total. The fourth-order valence-electron chi connectivity index (χ4n) is 3.15. The molecular formula is C24H23N3O2S. The number of aryl methyl sites for hydroxylation is 3. The van der Waals surface area contributed by atoms with Crippen LogP contribution in [-0.4, -0.2) is 17.8 Å². The van der Waals surface area contributed by atoms with E-state index in [0.29, 0.717) is 5.69 Å². The summed E-state index contributed by atoms with van der Waals surface area (Å²) in [5.41, 5.74) is 6.96. The summed E-state index contributed by atoms with van der Waals surface area (Å²) < 4.78 is 29.8. The third-order valence-electron chi connectivity index (χ3n) is 4.92. The van der Waals surface area contributed by atoms with Crippen LogP contribution in [0.4, 0.5) is 5.69 Å². The minimum absolute atomic E-state index is 0.536. The zero-order valence-electron chi connectivity index (χ0n) is 17.1. The van der Waals surface area contributed by atoms with Gasteiger partial charge in [-0.2, -0.15) is 0 Å². The van der Waals surface area contributed by atoms with Gasteiger partial charge in [0.1, 0.15) is 5.65 Å². The molecule has 0 saturated heterocycles. The Morgan fingerprint density at radius 2 is 1.70 bits per heavy atom. The second-order valence-electron chi connectivity index (χ2n) is 7.49. The van der Waals surface area contributed by atoms with E-state index in [4.69, 9.17) is 0 Å². The van der Waals surface area contributed by atoms with Gasteiger partial charge in [-0.05, 0) is 61.7 Å². The van der Waals surface area contributed by atoms with Gasteiger partial charge in [-0.1, -0.05) is 42.0 Å². The van der Waals surface area contributed by atoms with Crippen molar-refractivity contribution >= 4 is 27.4 Å². The lowest BCUT2D eigenvalue weighted by atomic mass is 10.1. The highest BCUT2D eigenvalue weighted by Gasteiger charge is 2.11. The molecule has 0 atom stereocenters. The third kappa shape index (κ3) is 4.44. The minimum Gasteiger partial charge on any atom is -0.306 e. The van der Waals surface area contributed by atoms with Crippen LogP contribution in [0.1, 0.15) is 22.3 Å². The van der Waals surface area contributed by atoms with Crippen molar-refractivity contribution in [2.75, 3.05) is 4.72 Å². The van der Waals surface area contributed by atoms with E-state index in [1.165, 1.54) is 5.41 Å². The Balaban J connectivity index is 1.61. The van der Waals surface area contributed by atoms with Gasteiger partial charge in [0.05, 0.1) is 16.8 Å². The SMILES string of the molecule is Cc1ccc(/C=C/S(=O)(=O)Nc2cc(-c3cn4ccc(C)cc4n3)ccc2C)cc1. The number of pyridine rings is 1. The van der Waals surface area contributed by atoms with Gasteiger partial charge in [-0.25, -0.2) is 13.4 Å². The molecule has 2 aromatic heterocycles. The standard InChI is InChI=1S/C24H23N3O2S/c1-17-4-7-20(8-5-17)11-13-30(28,29)26-22-15-21(9-6-19(22)3)23-16-27-12-10-18(2)14-24(27)25-23/h4-16,26H,1-3H3/b13-11+. The largest absolute Gasteiger partial charge is 0.306 e. The number of hydrogen-bond donors (Lipinski definition) is 1. The first-order chi connectivity index (χ1) is 14.3. The molecule has 2 aromatic carbocycles. The van der Waals surface area contributed by atoms with E-state index in [9.17, 15) is 8.42 Å². The van der Waals surface area contributed by atoms with Gasteiger partial charge < -0.3 is 4.40 Å². The first-order valence-electron chi connectivity index (χ1n) is 9.63. The monoisotopic (exact) mass is 417 g/mol. The lowest BCUT2D eigenvalue weighted by Crippen LogP contribution is -2.10. The number of fused-ring (bicyclic) bond motifs is 1. The molecule has 4 aromatic rings. The summed E-state index contributed by atoms with van der Waals surface area (Å²) in [5.74, 6) is 0. The van der Waals surface area contributed by atoms with Gasteiger partial charge in [0.2, 0.25) is 0 Å². The number of imidazole rings is 1. The van der Waals surface area contributed by atoms with Crippen molar-refractivity contribution < 1.29 is 8.42 Å². The van der Waals surface area contributed by atoms with E-state index in [0.717, 1.165) is 39.2 Å². The summed E-state index contributed by atoms with van der Waals surface area (Å²) in [5, 5.41) is 1.19. The number of nitrogens with one attached hydrogen (secondary N) is 1. The molecule has 0 spiro atoms. The zero-order valence-corrected chi connectivity index (χ0v) is 17.9. The second kappa shape index (κ2) is 7.80. The highest BCUT2D eigenvalue weighted by Crippen LogP contribution is 2.26. The highest BCUT2D eigenvalue weighted by atomic mass is 32.2. The van der Waals surface area contributed by atoms with Gasteiger partial charge in [0, 0.05) is 18.0 Å². The van der Waals surface area contributed by atoms with E-state index in [1.807, 2.05) is 92.2 Å². The average Bonchev–Trinajstić information content (AvgIpc) is 3.12. The van der Waals surface area contributed by atoms with Crippen molar-refractivity contribution in [1.82, 2.24) is 9.38 Å². The second-order valence-corrected chi connectivity index (χ2v) is 9.05. The Morgan fingerprint density at radius 3 is 2.47 bits per heavy atom. The van der Waals surface area contributed by atoms with Gasteiger partial charge in [0.15, 0.2) is 0 Å². The van der Waals surface area contributed by atoms with Crippen LogP contribution in [0.3, 0.4) is 0 Å².